The molecule has 2 aromatic carbocycles. The number of ether oxygens (including phenoxy) is 1. The second-order valence-electron chi connectivity index (χ2n) is 3.97. The van der Waals surface area contributed by atoms with Gasteiger partial charge in [-0.05, 0) is 42.0 Å². The van der Waals surface area contributed by atoms with Gasteiger partial charge in [-0.3, -0.25) is 0 Å². The molecule has 0 spiro atoms. The van der Waals surface area contributed by atoms with Gasteiger partial charge in [0, 0.05) is 26.8 Å². The van der Waals surface area contributed by atoms with Crippen LogP contribution >= 0.6 is 39.1 Å². The van der Waals surface area contributed by atoms with Gasteiger partial charge in [-0.15, -0.1) is 0 Å². The number of methoxy groups -OCH3 is 1. The van der Waals surface area contributed by atoms with Crippen molar-refractivity contribution in [1.29, 1.82) is 0 Å². The Morgan fingerprint density at radius 1 is 1.11 bits per heavy atom. The van der Waals surface area contributed by atoms with E-state index in [-0.39, 0.29) is 0 Å². The average Bonchev–Trinajstić information content (AvgIpc) is 2.37. The fraction of sp³-hybridized carbons (Fsp3) is 0.143. The van der Waals surface area contributed by atoms with Crippen molar-refractivity contribution in [2.45, 2.75) is 6.54 Å². The Hall–Kier alpha value is -0.900. The Morgan fingerprint density at radius 2 is 1.79 bits per heavy atom. The molecule has 0 atom stereocenters. The highest BCUT2D eigenvalue weighted by atomic mass is 79.9. The Balaban J connectivity index is 2.13. The highest BCUT2D eigenvalue weighted by molar-refractivity contribution is 9.10. The third kappa shape index (κ3) is 4.03. The van der Waals surface area contributed by atoms with Crippen molar-refractivity contribution < 1.29 is 4.74 Å². The van der Waals surface area contributed by atoms with E-state index in [4.69, 9.17) is 27.9 Å². The minimum absolute atomic E-state index is 0.611. The summed E-state index contributed by atoms with van der Waals surface area (Å²) in [7, 11) is 1.65. The molecule has 2 aromatic rings. The molecule has 0 saturated heterocycles. The lowest BCUT2D eigenvalue weighted by molar-refractivity contribution is 0.414. The molecule has 100 valence electrons. The lowest BCUT2D eigenvalue weighted by atomic mass is 10.2. The zero-order valence-corrected chi connectivity index (χ0v) is 13.3. The standard InChI is InChI=1S/C14H12BrCl2NO/c1-19-13-2-3-14(15)9(4-13)8-18-12-6-10(16)5-11(17)7-12/h2-7,18H,8H2,1H3. The molecule has 0 saturated carbocycles. The Morgan fingerprint density at radius 3 is 2.42 bits per heavy atom. The normalized spacial score (nSPS) is 10.3. The van der Waals surface area contributed by atoms with Gasteiger partial charge in [0.2, 0.25) is 0 Å². The Kier molecular flexibility index (Phi) is 4.97. The van der Waals surface area contributed by atoms with Gasteiger partial charge >= 0.3 is 0 Å². The molecule has 2 rings (SSSR count). The number of rotatable bonds is 4. The minimum Gasteiger partial charge on any atom is -0.497 e. The van der Waals surface area contributed by atoms with Crippen molar-refractivity contribution in [3.05, 3.63) is 56.5 Å². The van der Waals surface area contributed by atoms with Crippen LogP contribution in [0.5, 0.6) is 5.75 Å². The van der Waals surface area contributed by atoms with Gasteiger partial charge < -0.3 is 10.1 Å². The molecule has 0 aromatic heterocycles. The maximum atomic E-state index is 5.96. The first kappa shape index (κ1) is 14.5. The summed E-state index contributed by atoms with van der Waals surface area (Å²) in [6.07, 6.45) is 0. The van der Waals surface area contributed by atoms with Crippen LogP contribution in [0.1, 0.15) is 5.56 Å². The summed E-state index contributed by atoms with van der Waals surface area (Å²) >= 11 is 15.4. The van der Waals surface area contributed by atoms with E-state index in [9.17, 15) is 0 Å². The quantitative estimate of drug-likeness (QED) is 0.790. The second kappa shape index (κ2) is 6.51. The number of nitrogens with one attached hydrogen (secondary N) is 1. The van der Waals surface area contributed by atoms with Crippen molar-refractivity contribution in [3.8, 4) is 5.75 Å². The monoisotopic (exact) mass is 359 g/mol. The number of benzene rings is 2. The molecular weight excluding hydrogens is 349 g/mol. The molecule has 1 N–H and O–H groups in total. The van der Waals surface area contributed by atoms with Gasteiger partial charge in [0.05, 0.1) is 7.11 Å². The summed E-state index contributed by atoms with van der Waals surface area (Å²) in [6, 6.07) is 11.2. The molecule has 0 radical (unpaired) electrons. The van der Waals surface area contributed by atoms with Crippen molar-refractivity contribution in [1.82, 2.24) is 0 Å². The maximum absolute atomic E-state index is 5.96. The molecule has 0 unspecified atom stereocenters. The second-order valence-corrected chi connectivity index (χ2v) is 5.70. The first-order valence-electron chi connectivity index (χ1n) is 5.61. The van der Waals surface area contributed by atoms with E-state index in [1.165, 1.54) is 0 Å². The summed E-state index contributed by atoms with van der Waals surface area (Å²) in [5.74, 6) is 0.823. The molecule has 19 heavy (non-hydrogen) atoms. The van der Waals surface area contributed by atoms with E-state index < -0.39 is 0 Å². The van der Waals surface area contributed by atoms with Crippen LogP contribution in [0.15, 0.2) is 40.9 Å². The van der Waals surface area contributed by atoms with Gasteiger partial charge in [0.1, 0.15) is 5.75 Å². The van der Waals surface area contributed by atoms with Crippen LogP contribution in [-0.4, -0.2) is 7.11 Å². The summed E-state index contributed by atoms with van der Waals surface area (Å²) < 4.78 is 6.23. The van der Waals surface area contributed by atoms with Crippen molar-refractivity contribution >= 4 is 44.8 Å². The molecule has 2 nitrogen and oxygen atoms in total. The fourth-order valence-corrected chi connectivity index (χ4v) is 2.58. The van der Waals surface area contributed by atoms with Crippen molar-refractivity contribution in [2.24, 2.45) is 0 Å². The highest BCUT2D eigenvalue weighted by Crippen LogP contribution is 2.26. The van der Waals surface area contributed by atoms with Crippen LogP contribution in [0.25, 0.3) is 0 Å². The average molecular weight is 361 g/mol. The Bertz CT molecular complexity index is 569. The van der Waals surface area contributed by atoms with E-state index in [1.807, 2.05) is 30.3 Å². The topological polar surface area (TPSA) is 21.3 Å². The molecule has 0 aliphatic rings. The van der Waals surface area contributed by atoms with Crippen LogP contribution < -0.4 is 10.1 Å². The SMILES string of the molecule is COc1ccc(Br)c(CNc2cc(Cl)cc(Cl)c2)c1. The number of halogens is 3. The molecule has 0 amide bonds. The van der Waals surface area contributed by atoms with E-state index in [0.717, 1.165) is 21.5 Å². The summed E-state index contributed by atoms with van der Waals surface area (Å²) in [6.45, 7) is 0.647. The van der Waals surface area contributed by atoms with Crippen LogP contribution in [0.4, 0.5) is 5.69 Å². The van der Waals surface area contributed by atoms with Crippen LogP contribution in [-0.2, 0) is 6.54 Å². The molecule has 5 heteroatoms. The van der Waals surface area contributed by atoms with E-state index in [1.54, 1.807) is 13.2 Å². The van der Waals surface area contributed by atoms with Gasteiger partial charge in [-0.1, -0.05) is 39.1 Å². The summed E-state index contributed by atoms with van der Waals surface area (Å²) in [5, 5.41) is 4.50. The van der Waals surface area contributed by atoms with E-state index in [0.29, 0.717) is 16.6 Å². The predicted octanol–water partition coefficient (Wildman–Crippen LogP) is 5.38. The number of anilines is 1. The number of hydrogen-bond acceptors (Lipinski definition) is 2. The number of hydrogen-bond donors (Lipinski definition) is 1. The zero-order chi connectivity index (χ0) is 13.8. The van der Waals surface area contributed by atoms with Crippen LogP contribution in [0.3, 0.4) is 0 Å². The van der Waals surface area contributed by atoms with Gasteiger partial charge in [-0.2, -0.15) is 0 Å². The first-order chi connectivity index (χ1) is 9.08. The first-order valence-corrected chi connectivity index (χ1v) is 7.16. The third-order valence-electron chi connectivity index (χ3n) is 2.60. The lowest BCUT2D eigenvalue weighted by Gasteiger charge is -2.10. The molecular formula is C14H12BrCl2NO. The minimum atomic E-state index is 0.611. The van der Waals surface area contributed by atoms with Crippen molar-refractivity contribution in [2.75, 3.05) is 12.4 Å². The van der Waals surface area contributed by atoms with E-state index in [2.05, 4.69) is 21.2 Å². The van der Waals surface area contributed by atoms with Crippen LogP contribution in [0, 0.1) is 0 Å². The highest BCUT2D eigenvalue weighted by Gasteiger charge is 2.03. The Labute approximate surface area is 130 Å². The molecule has 0 aliphatic carbocycles. The zero-order valence-electron chi connectivity index (χ0n) is 10.2. The lowest BCUT2D eigenvalue weighted by Crippen LogP contribution is -2.00. The third-order valence-corrected chi connectivity index (χ3v) is 3.81. The summed E-state index contributed by atoms with van der Waals surface area (Å²) in [5.41, 5.74) is 1.97. The van der Waals surface area contributed by atoms with Gasteiger partial charge in [-0.25, -0.2) is 0 Å². The van der Waals surface area contributed by atoms with E-state index >= 15 is 0 Å². The van der Waals surface area contributed by atoms with Crippen molar-refractivity contribution in [3.63, 3.8) is 0 Å². The predicted molar refractivity (Wildman–Crippen MR) is 84.5 cm³/mol. The molecule has 0 heterocycles. The maximum Gasteiger partial charge on any atom is 0.119 e. The fourth-order valence-electron chi connectivity index (χ4n) is 1.67. The van der Waals surface area contributed by atoms with Gasteiger partial charge in [0.15, 0.2) is 0 Å². The molecule has 0 bridgehead atoms. The largest absolute Gasteiger partial charge is 0.497 e. The van der Waals surface area contributed by atoms with Crippen LogP contribution in [0.2, 0.25) is 10.0 Å². The molecule has 0 fully saturated rings. The smallest absolute Gasteiger partial charge is 0.119 e. The van der Waals surface area contributed by atoms with Gasteiger partial charge in [0.25, 0.3) is 0 Å². The molecule has 0 aliphatic heterocycles. The summed E-state index contributed by atoms with van der Waals surface area (Å²) in [4.78, 5) is 0.